The molecular formula is C14H15N3O4S2. The molecule has 1 aliphatic carbocycles. The Morgan fingerprint density at radius 3 is 3.00 bits per heavy atom. The second-order valence-corrected chi connectivity index (χ2v) is 7.21. The molecule has 1 atom stereocenters. The second-order valence-electron chi connectivity index (χ2n) is 5.35. The molecule has 122 valence electrons. The summed E-state index contributed by atoms with van der Waals surface area (Å²) in [6, 6.07) is 0.669. The van der Waals surface area contributed by atoms with E-state index in [-0.39, 0.29) is 23.1 Å². The van der Waals surface area contributed by atoms with Crippen LogP contribution in [0.1, 0.15) is 18.5 Å². The number of aliphatic carboxylic acids is 1. The smallest absolute Gasteiger partial charge is 0.326 e. The maximum atomic E-state index is 11.8. The normalized spacial score (nSPS) is 15.5. The Hall–Kier alpha value is -1.87. The van der Waals surface area contributed by atoms with Crippen LogP contribution in [0.2, 0.25) is 0 Å². The molecule has 1 unspecified atom stereocenters. The van der Waals surface area contributed by atoms with Crippen LogP contribution in [0.15, 0.2) is 22.4 Å². The van der Waals surface area contributed by atoms with Crippen molar-refractivity contribution in [3.8, 4) is 0 Å². The summed E-state index contributed by atoms with van der Waals surface area (Å²) in [6.07, 6.45) is 3.36. The molecule has 2 N–H and O–H groups in total. The molecular weight excluding hydrogens is 338 g/mol. The van der Waals surface area contributed by atoms with Crippen molar-refractivity contribution in [3.63, 3.8) is 0 Å². The number of rotatable bonds is 7. The van der Waals surface area contributed by atoms with Crippen molar-refractivity contribution in [2.45, 2.75) is 24.6 Å². The van der Waals surface area contributed by atoms with E-state index >= 15 is 0 Å². The van der Waals surface area contributed by atoms with Gasteiger partial charge in [0.1, 0.15) is 6.04 Å². The van der Waals surface area contributed by atoms with Gasteiger partial charge >= 0.3 is 5.97 Å². The molecule has 2 heterocycles. The van der Waals surface area contributed by atoms with Gasteiger partial charge in [-0.15, -0.1) is 23.1 Å². The number of carboxylic acids is 1. The number of nitrogens with zero attached hydrogens (tertiary/aromatic N) is 2. The first-order valence-corrected chi connectivity index (χ1v) is 9.14. The highest BCUT2D eigenvalue weighted by Crippen LogP contribution is 2.32. The predicted octanol–water partition coefficient (Wildman–Crippen LogP) is 0.969. The van der Waals surface area contributed by atoms with Crippen LogP contribution >= 0.6 is 23.1 Å². The summed E-state index contributed by atoms with van der Waals surface area (Å²) < 4.78 is 1.47. The minimum Gasteiger partial charge on any atom is -0.480 e. The molecule has 1 saturated carbocycles. The van der Waals surface area contributed by atoms with Crippen LogP contribution in [0.25, 0.3) is 4.96 Å². The zero-order valence-corrected chi connectivity index (χ0v) is 13.7. The Morgan fingerprint density at radius 1 is 1.52 bits per heavy atom. The van der Waals surface area contributed by atoms with Gasteiger partial charge in [-0.05, 0) is 18.8 Å². The van der Waals surface area contributed by atoms with Crippen molar-refractivity contribution in [1.82, 2.24) is 14.7 Å². The summed E-state index contributed by atoms with van der Waals surface area (Å²) in [4.78, 5) is 39.7. The van der Waals surface area contributed by atoms with Gasteiger partial charge in [0.15, 0.2) is 4.96 Å². The summed E-state index contributed by atoms with van der Waals surface area (Å²) in [5, 5.41) is 13.4. The molecule has 1 aliphatic rings. The van der Waals surface area contributed by atoms with Crippen molar-refractivity contribution in [1.29, 1.82) is 0 Å². The summed E-state index contributed by atoms with van der Waals surface area (Å²) in [5.41, 5.74) is 0.475. The van der Waals surface area contributed by atoms with E-state index in [1.165, 1.54) is 33.6 Å². The minimum absolute atomic E-state index is 0.0596. The molecule has 1 fully saturated rings. The average molecular weight is 353 g/mol. The molecule has 2 aromatic rings. The lowest BCUT2D eigenvalue weighted by atomic mass is 10.2. The lowest BCUT2D eigenvalue weighted by molar-refractivity contribution is -0.142. The van der Waals surface area contributed by atoms with Crippen LogP contribution in [-0.2, 0) is 15.3 Å². The van der Waals surface area contributed by atoms with Crippen LogP contribution in [0, 0.1) is 5.92 Å². The lowest BCUT2D eigenvalue weighted by Gasteiger charge is -2.13. The molecule has 0 bridgehead atoms. The summed E-state index contributed by atoms with van der Waals surface area (Å²) in [7, 11) is 0. The van der Waals surface area contributed by atoms with Crippen LogP contribution in [0.3, 0.4) is 0 Å². The van der Waals surface area contributed by atoms with E-state index in [2.05, 4.69) is 10.3 Å². The van der Waals surface area contributed by atoms with Crippen molar-refractivity contribution in [2.24, 2.45) is 5.92 Å². The standard InChI is InChI=1S/C14H15N3O4S2/c18-10(16-12(13(20)21)8-1-2-8)7-22-6-9-5-11(19)17-3-4-23-14(17)15-9/h3-5,8,12H,1-2,6-7H2,(H,16,18)(H,20,21). The van der Waals surface area contributed by atoms with Crippen molar-refractivity contribution >= 4 is 39.9 Å². The van der Waals surface area contributed by atoms with Gasteiger partial charge < -0.3 is 10.4 Å². The number of aromatic nitrogens is 2. The number of fused-ring (bicyclic) bond motifs is 1. The number of carboxylic acid groups (broad SMARTS) is 1. The first-order valence-electron chi connectivity index (χ1n) is 7.10. The van der Waals surface area contributed by atoms with Crippen LogP contribution in [0.5, 0.6) is 0 Å². The number of nitrogens with one attached hydrogen (secondary N) is 1. The molecule has 7 nitrogen and oxygen atoms in total. The van der Waals surface area contributed by atoms with E-state index < -0.39 is 12.0 Å². The summed E-state index contributed by atoms with van der Waals surface area (Å²) in [5.74, 6) is -0.656. The van der Waals surface area contributed by atoms with Gasteiger partial charge in [0.2, 0.25) is 5.91 Å². The number of carbonyl (C=O) groups is 2. The number of carbonyl (C=O) groups excluding carboxylic acids is 1. The highest BCUT2D eigenvalue weighted by Gasteiger charge is 2.37. The monoisotopic (exact) mass is 353 g/mol. The van der Waals surface area contributed by atoms with Crippen LogP contribution < -0.4 is 10.9 Å². The Balaban J connectivity index is 1.52. The highest BCUT2D eigenvalue weighted by molar-refractivity contribution is 7.99. The second kappa shape index (κ2) is 6.71. The summed E-state index contributed by atoms with van der Waals surface area (Å²) >= 11 is 2.68. The fourth-order valence-corrected chi connectivity index (χ4v) is 3.70. The average Bonchev–Trinajstić information content (AvgIpc) is 3.22. The van der Waals surface area contributed by atoms with E-state index in [4.69, 9.17) is 5.11 Å². The Bertz CT molecular complexity index is 797. The number of amides is 1. The number of hydrogen-bond donors (Lipinski definition) is 2. The SMILES string of the molecule is O=C(CSCc1cc(=O)n2ccsc2n1)NC(C(=O)O)C1CC1. The third-order valence-electron chi connectivity index (χ3n) is 3.52. The molecule has 9 heteroatoms. The fourth-order valence-electron chi connectivity index (χ4n) is 2.24. The van der Waals surface area contributed by atoms with Crippen LogP contribution in [0.4, 0.5) is 0 Å². The molecule has 0 radical (unpaired) electrons. The Labute approximate surface area is 139 Å². The maximum Gasteiger partial charge on any atom is 0.326 e. The molecule has 23 heavy (non-hydrogen) atoms. The van der Waals surface area contributed by atoms with E-state index in [0.717, 1.165) is 12.8 Å². The largest absolute Gasteiger partial charge is 0.480 e. The van der Waals surface area contributed by atoms with Gasteiger partial charge in [-0.2, -0.15) is 0 Å². The Kier molecular flexibility index (Phi) is 4.67. The van der Waals surface area contributed by atoms with Gasteiger partial charge in [-0.25, -0.2) is 9.78 Å². The number of thiazole rings is 1. The molecule has 0 aromatic carbocycles. The van der Waals surface area contributed by atoms with E-state index in [0.29, 0.717) is 16.4 Å². The van der Waals surface area contributed by atoms with E-state index in [9.17, 15) is 14.4 Å². The molecule has 0 saturated heterocycles. The summed E-state index contributed by atoms with van der Waals surface area (Å²) in [6.45, 7) is 0. The first-order chi connectivity index (χ1) is 11.0. The van der Waals surface area contributed by atoms with E-state index in [1.807, 2.05) is 0 Å². The van der Waals surface area contributed by atoms with Gasteiger partial charge in [0, 0.05) is 23.4 Å². The van der Waals surface area contributed by atoms with Crippen molar-refractivity contribution in [3.05, 3.63) is 33.7 Å². The topological polar surface area (TPSA) is 101 Å². The van der Waals surface area contributed by atoms with E-state index in [1.54, 1.807) is 11.6 Å². The zero-order valence-electron chi connectivity index (χ0n) is 12.1. The Morgan fingerprint density at radius 2 is 2.30 bits per heavy atom. The third-order valence-corrected chi connectivity index (χ3v) is 5.24. The van der Waals surface area contributed by atoms with Crippen molar-refractivity contribution in [2.75, 3.05) is 5.75 Å². The minimum atomic E-state index is -0.983. The third kappa shape index (κ3) is 3.91. The molecule has 1 amide bonds. The van der Waals surface area contributed by atoms with Gasteiger partial charge in [0.05, 0.1) is 11.4 Å². The number of thioether (sulfide) groups is 1. The molecule has 0 spiro atoms. The first kappa shape index (κ1) is 16.0. The molecule has 2 aromatic heterocycles. The maximum absolute atomic E-state index is 11.8. The zero-order chi connectivity index (χ0) is 16.4. The van der Waals surface area contributed by atoms with Gasteiger partial charge in [0.25, 0.3) is 5.56 Å². The highest BCUT2D eigenvalue weighted by atomic mass is 32.2. The quantitative estimate of drug-likeness (QED) is 0.769. The molecule has 3 rings (SSSR count). The fraction of sp³-hybridized carbons (Fsp3) is 0.429. The van der Waals surface area contributed by atoms with Crippen molar-refractivity contribution < 1.29 is 14.7 Å². The van der Waals surface area contributed by atoms with Gasteiger partial charge in [-0.3, -0.25) is 14.0 Å². The van der Waals surface area contributed by atoms with Crippen LogP contribution in [-0.4, -0.2) is 38.2 Å². The number of hydrogen-bond acceptors (Lipinski definition) is 6. The van der Waals surface area contributed by atoms with Gasteiger partial charge in [-0.1, -0.05) is 0 Å². The predicted molar refractivity (Wildman–Crippen MR) is 87.8 cm³/mol. The molecule has 0 aliphatic heterocycles. The lowest BCUT2D eigenvalue weighted by Crippen LogP contribution is -2.43.